The van der Waals surface area contributed by atoms with Crippen molar-refractivity contribution in [1.82, 2.24) is 0 Å². The van der Waals surface area contributed by atoms with Crippen LogP contribution in [0.1, 0.15) is 18.9 Å². The zero-order chi connectivity index (χ0) is 10.6. The number of benzene rings is 1. The van der Waals surface area contributed by atoms with Crippen molar-refractivity contribution in [3.05, 3.63) is 28.8 Å². The Kier molecular flexibility index (Phi) is 4.23. The second kappa shape index (κ2) is 5.23. The molecule has 1 aromatic carbocycles. The molecule has 0 aliphatic carbocycles. The molecule has 1 aromatic rings. The molecule has 14 heavy (non-hydrogen) atoms. The molecule has 0 saturated carbocycles. The summed E-state index contributed by atoms with van der Waals surface area (Å²) in [4.78, 5) is 0. The van der Waals surface area contributed by atoms with Crippen LogP contribution < -0.4 is 5.32 Å². The topological polar surface area (TPSA) is 32.3 Å². The molecular formula is C11H16ClNO. The van der Waals surface area contributed by atoms with Crippen LogP contribution in [-0.2, 0) is 0 Å². The van der Waals surface area contributed by atoms with Gasteiger partial charge in [0.2, 0.25) is 0 Å². The predicted octanol–water partition coefficient (Wildman–Crippen LogP) is 2.83. The van der Waals surface area contributed by atoms with Crippen LogP contribution in [0.5, 0.6) is 0 Å². The summed E-state index contributed by atoms with van der Waals surface area (Å²) in [5.74, 6) is 0. The van der Waals surface area contributed by atoms with E-state index in [9.17, 15) is 0 Å². The highest BCUT2D eigenvalue weighted by molar-refractivity contribution is 6.30. The first-order valence-corrected chi connectivity index (χ1v) is 5.15. The van der Waals surface area contributed by atoms with E-state index in [1.54, 1.807) is 6.92 Å². The molecule has 0 aliphatic heterocycles. The Balaban J connectivity index is 2.53. The molecule has 78 valence electrons. The second-order valence-electron chi connectivity index (χ2n) is 3.52. The summed E-state index contributed by atoms with van der Waals surface area (Å²) in [7, 11) is 0. The van der Waals surface area contributed by atoms with Gasteiger partial charge in [0.1, 0.15) is 0 Å². The lowest BCUT2D eigenvalue weighted by Crippen LogP contribution is -2.10. The highest BCUT2D eigenvalue weighted by Gasteiger charge is 1.99. The normalized spacial score (nSPS) is 12.6. The van der Waals surface area contributed by atoms with E-state index in [2.05, 4.69) is 5.32 Å². The van der Waals surface area contributed by atoms with E-state index >= 15 is 0 Å². The molecule has 0 aliphatic rings. The lowest BCUT2D eigenvalue weighted by molar-refractivity contribution is 0.189. The second-order valence-corrected chi connectivity index (χ2v) is 3.96. The number of anilines is 1. The molecule has 3 heteroatoms. The van der Waals surface area contributed by atoms with E-state index in [1.807, 2.05) is 25.1 Å². The summed E-state index contributed by atoms with van der Waals surface area (Å²) < 4.78 is 0. The molecular weight excluding hydrogens is 198 g/mol. The summed E-state index contributed by atoms with van der Waals surface area (Å²) in [5.41, 5.74) is 2.21. The van der Waals surface area contributed by atoms with Crippen LogP contribution in [0.4, 0.5) is 5.69 Å². The maximum atomic E-state index is 9.09. The zero-order valence-electron chi connectivity index (χ0n) is 8.55. The summed E-state index contributed by atoms with van der Waals surface area (Å²) in [5, 5.41) is 13.1. The number of rotatable bonds is 4. The quantitative estimate of drug-likeness (QED) is 0.806. The standard InChI is InChI=1S/C11H16ClNO/c1-8-3-4-10(12)7-11(8)13-6-5-9(2)14/h3-4,7,9,13-14H,5-6H2,1-2H3. The molecule has 0 heterocycles. The van der Waals surface area contributed by atoms with Crippen LogP contribution in [0.2, 0.25) is 5.02 Å². The molecule has 1 unspecified atom stereocenters. The van der Waals surface area contributed by atoms with Gasteiger partial charge in [-0.05, 0) is 38.0 Å². The molecule has 2 nitrogen and oxygen atoms in total. The Labute approximate surface area is 89.9 Å². The first-order valence-electron chi connectivity index (χ1n) is 4.77. The predicted molar refractivity (Wildman–Crippen MR) is 61.0 cm³/mol. The molecule has 0 amide bonds. The molecule has 0 radical (unpaired) electrons. The molecule has 0 aromatic heterocycles. The Morgan fingerprint density at radius 3 is 2.86 bits per heavy atom. The van der Waals surface area contributed by atoms with Gasteiger partial charge in [0.25, 0.3) is 0 Å². The van der Waals surface area contributed by atoms with Crippen molar-refractivity contribution in [2.75, 3.05) is 11.9 Å². The van der Waals surface area contributed by atoms with Gasteiger partial charge in [0.05, 0.1) is 6.10 Å². The zero-order valence-corrected chi connectivity index (χ0v) is 9.30. The van der Waals surface area contributed by atoms with Crippen molar-refractivity contribution in [1.29, 1.82) is 0 Å². The summed E-state index contributed by atoms with van der Waals surface area (Å²) in [6, 6.07) is 5.75. The largest absolute Gasteiger partial charge is 0.393 e. The highest BCUT2D eigenvalue weighted by Crippen LogP contribution is 2.19. The Morgan fingerprint density at radius 2 is 2.21 bits per heavy atom. The van der Waals surface area contributed by atoms with Crippen LogP contribution in [0.25, 0.3) is 0 Å². The summed E-state index contributed by atoms with van der Waals surface area (Å²) in [6.45, 7) is 4.58. The van der Waals surface area contributed by atoms with Crippen LogP contribution in [0.15, 0.2) is 18.2 Å². The average Bonchev–Trinajstić information content (AvgIpc) is 2.10. The van der Waals surface area contributed by atoms with Crippen molar-refractivity contribution < 1.29 is 5.11 Å². The van der Waals surface area contributed by atoms with Gasteiger partial charge in [-0.3, -0.25) is 0 Å². The number of hydrogen-bond acceptors (Lipinski definition) is 2. The van der Waals surface area contributed by atoms with Crippen LogP contribution >= 0.6 is 11.6 Å². The van der Waals surface area contributed by atoms with Gasteiger partial charge in [-0.2, -0.15) is 0 Å². The maximum absolute atomic E-state index is 9.09. The average molecular weight is 214 g/mol. The van der Waals surface area contributed by atoms with E-state index in [0.29, 0.717) is 0 Å². The lowest BCUT2D eigenvalue weighted by atomic mass is 10.2. The van der Waals surface area contributed by atoms with Crippen LogP contribution in [0.3, 0.4) is 0 Å². The van der Waals surface area contributed by atoms with E-state index in [-0.39, 0.29) is 6.10 Å². The minimum atomic E-state index is -0.262. The van der Waals surface area contributed by atoms with E-state index < -0.39 is 0 Å². The van der Waals surface area contributed by atoms with Crippen molar-refractivity contribution >= 4 is 17.3 Å². The molecule has 0 saturated heterocycles. The fourth-order valence-electron chi connectivity index (χ4n) is 1.20. The molecule has 0 bridgehead atoms. The van der Waals surface area contributed by atoms with Crippen molar-refractivity contribution in [2.24, 2.45) is 0 Å². The fraction of sp³-hybridized carbons (Fsp3) is 0.455. The van der Waals surface area contributed by atoms with Gasteiger partial charge in [0, 0.05) is 17.3 Å². The third kappa shape index (κ3) is 3.56. The first-order chi connectivity index (χ1) is 6.59. The maximum Gasteiger partial charge on any atom is 0.0528 e. The van der Waals surface area contributed by atoms with Gasteiger partial charge >= 0.3 is 0 Å². The van der Waals surface area contributed by atoms with Crippen LogP contribution in [0, 0.1) is 6.92 Å². The minimum absolute atomic E-state index is 0.262. The van der Waals surface area contributed by atoms with Gasteiger partial charge in [0.15, 0.2) is 0 Å². The SMILES string of the molecule is Cc1ccc(Cl)cc1NCCC(C)O. The minimum Gasteiger partial charge on any atom is -0.393 e. The number of aliphatic hydroxyl groups excluding tert-OH is 1. The molecule has 0 spiro atoms. The summed E-state index contributed by atoms with van der Waals surface area (Å²) >= 11 is 5.87. The monoisotopic (exact) mass is 213 g/mol. The molecule has 0 fully saturated rings. The number of aliphatic hydroxyl groups is 1. The van der Waals surface area contributed by atoms with Crippen molar-refractivity contribution in [3.8, 4) is 0 Å². The Morgan fingerprint density at radius 1 is 1.50 bits per heavy atom. The van der Waals surface area contributed by atoms with E-state index in [4.69, 9.17) is 16.7 Å². The number of nitrogens with one attached hydrogen (secondary N) is 1. The Bertz CT molecular complexity index is 299. The summed E-state index contributed by atoms with van der Waals surface area (Å²) in [6.07, 6.45) is 0.480. The molecule has 1 rings (SSSR count). The fourth-order valence-corrected chi connectivity index (χ4v) is 1.37. The lowest BCUT2D eigenvalue weighted by Gasteiger charge is -2.10. The third-order valence-electron chi connectivity index (χ3n) is 2.08. The van der Waals surface area contributed by atoms with Crippen LogP contribution in [-0.4, -0.2) is 17.8 Å². The van der Waals surface area contributed by atoms with Gasteiger partial charge in [-0.15, -0.1) is 0 Å². The number of halogens is 1. The van der Waals surface area contributed by atoms with Gasteiger partial charge in [-0.25, -0.2) is 0 Å². The first kappa shape index (κ1) is 11.3. The number of hydrogen-bond donors (Lipinski definition) is 2. The van der Waals surface area contributed by atoms with Gasteiger partial charge in [-0.1, -0.05) is 17.7 Å². The van der Waals surface area contributed by atoms with Crippen molar-refractivity contribution in [2.45, 2.75) is 26.4 Å². The third-order valence-corrected chi connectivity index (χ3v) is 2.31. The molecule has 2 N–H and O–H groups in total. The smallest absolute Gasteiger partial charge is 0.0528 e. The van der Waals surface area contributed by atoms with E-state index in [0.717, 1.165) is 23.7 Å². The Hall–Kier alpha value is -0.730. The highest BCUT2D eigenvalue weighted by atomic mass is 35.5. The van der Waals surface area contributed by atoms with Crippen molar-refractivity contribution in [3.63, 3.8) is 0 Å². The molecule has 1 atom stereocenters. The van der Waals surface area contributed by atoms with E-state index in [1.165, 1.54) is 5.56 Å². The number of aryl methyl sites for hydroxylation is 1. The van der Waals surface area contributed by atoms with Gasteiger partial charge < -0.3 is 10.4 Å².